The largest absolute Gasteiger partial charge is 0.461 e. The van der Waals surface area contributed by atoms with Crippen molar-refractivity contribution in [1.29, 1.82) is 0 Å². The van der Waals surface area contributed by atoms with Gasteiger partial charge in [0.25, 0.3) is 11.5 Å². The van der Waals surface area contributed by atoms with Crippen molar-refractivity contribution in [3.8, 4) is 5.69 Å². The summed E-state index contributed by atoms with van der Waals surface area (Å²) in [6, 6.07) is 12.3. The molecular formula is C23H18FN3O4S. The number of anilines is 1. The summed E-state index contributed by atoms with van der Waals surface area (Å²) in [5, 5.41) is 9.10. The van der Waals surface area contributed by atoms with Crippen LogP contribution < -0.4 is 10.9 Å². The smallest absolute Gasteiger partial charge is 0.359 e. The van der Waals surface area contributed by atoms with Crippen LogP contribution in [0.1, 0.15) is 33.3 Å². The predicted molar refractivity (Wildman–Crippen MR) is 120 cm³/mol. The number of thiophene rings is 1. The minimum atomic E-state index is -0.681. The molecule has 0 atom stereocenters. The van der Waals surface area contributed by atoms with E-state index in [9.17, 15) is 18.8 Å². The number of nitrogens with one attached hydrogen (secondary N) is 1. The molecule has 2 heterocycles. The number of hydrogen-bond acceptors (Lipinski definition) is 6. The van der Waals surface area contributed by atoms with Gasteiger partial charge in [-0.25, -0.2) is 9.18 Å². The van der Waals surface area contributed by atoms with Crippen LogP contribution in [0.3, 0.4) is 0 Å². The third-order valence-electron chi connectivity index (χ3n) is 4.71. The molecule has 0 saturated heterocycles. The Kier molecular flexibility index (Phi) is 5.83. The van der Waals surface area contributed by atoms with E-state index in [2.05, 4.69) is 10.4 Å². The number of fused-ring (bicyclic) bond motifs is 1. The van der Waals surface area contributed by atoms with Crippen LogP contribution in [-0.4, -0.2) is 28.3 Å². The number of aryl methyl sites for hydroxylation is 1. The quantitative estimate of drug-likeness (QED) is 0.457. The first-order valence-electron chi connectivity index (χ1n) is 9.74. The molecule has 4 rings (SSSR count). The second kappa shape index (κ2) is 8.72. The summed E-state index contributed by atoms with van der Waals surface area (Å²) >= 11 is 1.07. The van der Waals surface area contributed by atoms with Crippen molar-refractivity contribution >= 4 is 39.0 Å². The summed E-state index contributed by atoms with van der Waals surface area (Å²) in [5.41, 5.74) is 1.01. The van der Waals surface area contributed by atoms with Crippen LogP contribution in [0.25, 0.3) is 16.5 Å². The number of halogens is 1. The summed E-state index contributed by atoms with van der Waals surface area (Å²) in [4.78, 5) is 38.6. The SMILES string of the molecule is CCOC(=O)c1nn(-c2ccc(C)cc2)c(=O)c2c(NC(=O)c3cccc(F)c3)scc12. The molecule has 9 heteroatoms. The number of carbonyl (C=O) groups is 2. The van der Waals surface area contributed by atoms with Gasteiger partial charge in [0.15, 0.2) is 5.69 Å². The van der Waals surface area contributed by atoms with Gasteiger partial charge in [-0.1, -0.05) is 23.8 Å². The van der Waals surface area contributed by atoms with E-state index in [1.165, 1.54) is 18.2 Å². The molecular weight excluding hydrogens is 433 g/mol. The van der Waals surface area contributed by atoms with Crippen LogP contribution in [-0.2, 0) is 4.74 Å². The average Bonchev–Trinajstić information content (AvgIpc) is 3.19. The number of aromatic nitrogens is 2. The van der Waals surface area contributed by atoms with Gasteiger partial charge < -0.3 is 10.1 Å². The maximum atomic E-state index is 13.5. The van der Waals surface area contributed by atoms with E-state index in [1.807, 2.05) is 19.1 Å². The molecule has 0 aliphatic rings. The molecule has 0 aliphatic heterocycles. The molecule has 0 radical (unpaired) electrons. The van der Waals surface area contributed by atoms with Gasteiger partial charge in [-0.3, -0.25) is 9.59 Å². The zero-order valence-electron chi connectivity index (χ0n) is 17.2. The van der Waals surface area contributed by atoms with Gasteiger partial charge >= 0.3 is 5.97 Å². The summed E-state index contributed by atoms with van der Waals surface area (Å²) in [7, 11) is 0. The first-order chi connectivity index (χ1) is 15.4. The summed E-state index contributed by atoms with van der Waals surface area (Å²) in [6.45, 7) is 3.72. The lowest BCUT2D eigenvalue weighted by Crippen LogP contribution is -2.25. The average molecular weight is 451 g/mol. The maximum absolute atomic E-state index is 13.5. The van der Waals surface area contributed by atoms with Crippen LogP contribution in [0.4, 0.5) is 9.39 Å². The zero-order valence-corrected chi connectivity index (χ0v) is 18.0. The maximum Gasteiger partial charge on any atom is 0.359 e. The van der Waals surface area contributed by atoms with Crippen LogP contribution in [0.15, 0.2) is 58.7 Å². The molecule has 1 N–H and O–H groups in total. The standard InChI is InChI=1S/C23H18FN3O4S/c1-3-31-23(30)19-17-12-32-21(25-20(28)14-5-4-6-15(24)11-14)18(17)22(29)27(26-19)16-9-7-13(2)8-10-16/h4-12H,3H2,1-2H3,(H,25,28). The van der Waals surface area contributed by atoms with E-state index in [0.717, 1.165) is 27.6 Å². The van der Waals surface area contributed by atoms with Gasteiger partial charge in [0, 0.05) is 16.3 Å². The highest BCUT2D eigenvalue weighted by Gasteiger charge is 2.23. The molecule has 0 saturated carbocycles. The number of rotatable bonds is 5. The summed E-state index contributed by atoms with van der Waals surface area (Å²) in [6.07, 6.45) is 0. The number of amides is 1. The molecule has 4 aromatic rings. The van der Waals surface area contributed by atoms with E-state index >= 15 is 0 Å². The van der Waals surface area contributed by atoms with Crippen LogP contribution in [0, 0.1) is 12.7 Å². The van der Waals surface area contributed by atoms with E-state index in [4.69, 9.17) is 4.74 Å². The van der Waals surface area contributed by atoms with Gasteiger partial charge in [-0.2, -0.15) is 9.78 Å². The minimum absolute atomic E-state index is 0.0375. The first kappa shape index (κ1) is 21.4. The van der Waals surface area contributed by atoms with Gasteiger partial charge in [0.2, 0.25) is 0 Å². The molecule has 0 unspecified atom stereocenters. The fourth-order valence-corrected chi connectivity index (χ4v) is 4.09. The number of esters is 1. The Bertz CT molecular complexity index is 1390. The highest BCUT2D eigenvalue weighted by molar-refractivity contribution is 7.16. The molecule has 0 fully saturated rings. The van der Waals surface area contributed by atoms with Crippen LogP contribution in [0.5, 0.6) is 0 Å². The normalized spacial score (nSPS) is 10.8. The molecule has 32 heavy (non-hydrogen) atoms. The third kappa shape index (κ3) is 4.02. The lowest BCUT2D eigenvalue weighted by Gasteiger charge is -2.10. The number of nitrogens with zero attached hydrogens (tertiary/aromatic N) is 2. The molecule has 7 nitrogen and oxygen atoms in total. The number of hydrogen-bond donors (Lipinski definition) is 1. The molecule has 2 aromatic heterocycles. The van der Waals surface area contributed by atoms with E-state index < -0.39 is 23.3 Å². The van der Waals surface area contributed by atoms with E-state index in [1.54, 1.807) is 24.4 Å². The van der Waals surface area contributed by atoms with Crippen molar-refractivity contribution in [2.45, 2.75) is 13.8 Å². The Labute approximate surface area is 186 Å². The highest BCUT2D eigenvalue weighted by Crippen LogP contribution is 2.31. The van der Waals surface area contributed by atoms with Gasteiger partial charge in [0.1, 0.15) is 10.8 Å². The number of ether oxygens (including phenoxy) is 1. The monoisotopic (exact) mass is 451 g/mol. The lowest BCUT2D eigenvalue weighted by atomic mass is 10.2. The van der Waals surface area contributed by atoms with E-state index in [-0.39, 0.29) is 33.6 Å². The van der Waals surface area contributed by atoms with Crippen molar-refractivity contribution in [2.75, 3.05) is 11.9 Å². The van der Waals surface area contributed by atoms with Crippen LogP contribution >= 0.6 is 11.3 Å². The molecule has 2 aromatic carbocycles. The van der Waals surface area contributed by atoms with Gasteiger partial charge in [-0.15, -0.1) is 11.3 Å². The number of carbonyl (C=O) groups excluding carboxylic acids is 2. The topological polar surface area (TPSA) is 90.3 Å². The Hall–Kier alpha value is -3.85. The zero-order chi connectivity index (χ0) is 22.8. The van der Waals surface area contributed by atoms with Gasteiger partial charge in [0.05, 0.1) is 17.7 Å². The molecule has 162 valence electrons. The van der Waals surface area contributed by atoms with Crippen molar-refractivity contribution < 1.29 is 18.7 Å². The van der Waals surface area contributed by atoms with Crippen LogP contribution in [0.2, 0.25) is 0 Å². The Morgan fingerprint density at radius 1 is 1.19 bits per heavy atom. The second-order valence-electron chi connectivity index (χ2n) is 6.94. The first-order valence-corrected chi connectivity index (χ1v) is 10.6. The van der Waals surface area contributed by atoms with Crippen molar-refractivity contribution in [3.05, 3.63) is 86.9 Å². The second-order valence-corrected chi connectivity index (χ2v) is 7.82. The predicted octanol–water partition coefficient (Wildman–Crippen LogP) is 4.32. The molecule has 0 spiro atoms. The van der Waals surface area contributed by atoms with E-state index in [0.29, 0.717) is 5.69 Å². The Morgan fingerprint density at radius 3 is 2.62 bits per heavy atom. The van der Waals surface area contributed by atoms with Crippen molar-refractivity contribution in [2.24, 2.45) is 0 Å². The summed E-state index contributed by atoms with van der Waals surface area (Å²) in [5.74, 6) is -1.81. The third-order valence-corrected chi connectivity index (χ3v) is 5.61. The minimum Gasteiger partial charge on any atom is -0.461 e. The Morgan fingerprint density at radius 2 is 1.94 bits per heavy atom. The highest BCUT2D eigenvalue weighted by atomic mass is 32.1. The number of benzene rings is 2. The fraction of sp³-hybridized carbons (Fsp3) is 0.130. The molecule has 1 amide bonds. The fourth-order valence-electron chi connectivity index (χ4n) is 3.16. The molecule has 0 aliphatic carbocycles. The lowest BCUT2D eigenvalue weighted by molar-refractivity contribution is 0.0520. The molecule has 0 bridgehead atoms. The van der Waals surface area contributed by atoms with Crippen molar-refractivity contribution in [1.82, 2.24) is 9.78 Å². The van der Waals surface area contributed by atoms with Gasteiger partial charge in [-0.05, 0) is 44.2 Å². The van der Waals surface area contributed by atoms with Crippen molar-refractivity contribution in [3.63, 3.8) is 0 Å². The Balaban J connectivity index is 1.88. The summed E-state index contributed by atoms with van der Waals surface area (Å²) < 4.78 is 19.7.